The van der Waals surface area contributed by atoms with Gasteiger partial charge in [-0.3, -0.25) is 9.36 Å². The summed E-state index contributed by atoms with van der Waals surface area (Å²) in [4.78, 5) is 27.8. The monoisotopic (exact) mass is 591 g/mol. The van der Waals surface area contributed by atoms with Crippen LogP contribution in [0, 0.1) is 11.3 Å². The summed E-state index contributed by atoms with van der Waals surface area (Å²) in [7, 11) is 6.55. The van der Waals surface area contributed by atoms with Crippen LogP contribution in [0.1, 0.15) is 12.6 Å². The molecule has 0 spiro atoms. The van der Waals surface area contributed by atoms with Crippen LogP contribution in [0.4, 0.5) is 9.59 Å². The number of hydrogen-bond acceptors (Lipinski definition) is 3. The van der Waals surface area contributed by atoms with Gasteiger partial charge in [-0.25, -0.2) is 4.79 Å². The summed E-state index contributed by atoms with van der Waals surface area (Å²) in [5.74, 6) is 0.490. The standard InChI is InChI=1S/C13H12ClN3O.C9H7Cl2N.C3H6ClNO.Na.H/c1-16(2)13(18)17-8-9(6-7-15)12-10(14)4-3-5-11(12)17;10-4-6-5-12-8-3-1-2-7(11)9(6)8;1-5(2)3(4)6;;/h3-5,8H,6H2,1-2H3;1-3,5,12H,4H2;1-2H3;;/q;;;+1;-1. The smallest absolute Gasteiger partial charge is 1.00 e. The summed E-state index contributed by atoms with van der Waals surface area (Å²) in [5, 5.41) is 11.5. The summed E-state index contributed by atoms with van der Waals surface area (Å²) in [6.45, 7) is 0. The molecule has 2 aromatic carbocycles. The normalized spacial score (nSPS) is 9.81. The Hall–Kier alpha value is -1.89. The fraction of sp³-hybridized carbons (Fsp3) is 0.240. The summed E-state index contributed by atoms with van der Waals surface area (Å²) in [5.41, 5.74) is 3.59. The van der Waals surface area contributed by atoms with Gasteiger partial charge in [-0.05, 0) is 47.0 Å². The molecule has 4 rings (SSSR count). The van der Waals surface area contributed by atoms with E-state index >= 15 is 0 Å². The average molecular weight is 593 g/mol. The van der Waals surface area contributed by atoms with Gasteiger partial charge in [-0.2, -0.15) is 5.26 Å². The van der Waals surface area contributed by atoms with Crippen LogP contribution in [0.2, 0.25) is 10.0 Å². The summed E-state index contributed by atoms with van der Waals surface area (Å²) >= 11 is 22.8. The molecular formula is C25H26Cl4N5NaO2. The molecule has 0 saturated carbocycles. The van der Waals surface area contributed by atoms with Crippen molar-refractivity contribution in [3.8, 4) is 6.07 Å². The molecule has 192 valence electrons. The molecule has 0 bridgehead atoms. The van der Waals surface area contributed by atoms with Crippen LogP contribution in [0.3, 0.4) is 0 Å². The molecule has 12 heteroatoms. The maximum absolute atomic E-state index is 12.1. The molecular weight excluding hydrogens is 567 g/mol. The van der Waals surface area contributed by atoms with Gasteiger partial charge < -0.3 is 16.2 Å². The summed E-state index contributed by atoms with van der Waals surface area (Å²) in [6, 6.07) is 13.1. The first-order valence-corrected chi connectivity index (χ1v) is 12.2. The Morgan fingerprint density at radius 2 is 1.57 bits per heavy atom. The van der Waals surface area contributed by atoms with E-state index in [-0.39, 0.29) is 43.4 Å². The minimum atomic E-state index is -0.435. The van der Waals surface area contributed by atoms with Gasteiger partial charge in [0.25, 0.3) is 0 Å². The maximum atomic E-state index is 12.1. The zero-order valence-corrected chi connectivity index (χ0v) is 26.2. The molecule has 1 N–H and O–H groups in total. The van der Waals surface area contributed by atoms with Gasteiger partial charge in [0.1, 0.15) is 0 Å². The summed E-state index contributed by atoms with van der Waals surface area (Å²) < 4.78 is 1.52. The van der Waals surface area contributed by atoms with E-state index in [1.807, 2.05) is 30.5 Å². The third-order valence-corrected chi connectivity index (χ3v) is 6.20. The van der Waals surface area contributed by atoms with E-state index in [1.165, 1.54) is 14.4 Å². The van der Waals surface area contributed by atoms with E-state index in [0.717, 1.165) is 38.0 Å². The van der Waals surface area contributed by atoms with Crippen molar-refractivity contribution in [2.45, 2.75) is 12.3 Å². The van der Waals surface area contributed by atoms with E-state index in [9.17, 15) is 9.59 Å². The Labute approximate surface area is 259 Å². The van der Waals surface area contributed by atoms with Crippen molar-refractivity contribution in [3.63, 3.8) is 0 Å². The molecule has 0 fully saturated rings. The third kappa shape index (κ3) is 8.56. The number of nitrogens with zero attached hydrogens (tertiary/aromatic N) is 4. The van der Waals surface area contributed by atoms with Crippen LogP contribution in [-0.2, 0) is 12.3 Å². The second kappa shape index (κ2) is 15.5. The number of halogens is 4. The fourth-order valence-corrected chi connectivity index (χ4v) is 4.03. The van der Waals surface area contributed by atoms with Crippen molar-refractivity contribution >= 4 is 79.6 Å². The topological polar surface area (TPSA) is 85.1 Å². The minimum absolute atomic E-state index is 0. The molecule has 7 nitrogen and oxygen atoms in total. The number of carbonyl (C=O) groups excluding carboxylic acids is 2. The third-order valence-electron chi connectivity index (χ3n) is 4.95. The number of amides is 2. The number of H-pyrrole nitrogens is 1. The molecule has 4 aromatic rings. The van der Waals surface area contributed by atoms with E-state index < -0.39 is 5.37 Å². The van der Waals surface area contributed by atoms with Crippen molar-refractivity contribution in [2.75, 3.05) is 28.2 Å². The molecule has 2 heterocycles. The molecule has 0 aliphatic carbocycles. The largest absolute Gasteiger partial charge is 1.00 e. The van der Waals surface area contributed by atoms with Gasteiger partial charge in [0.2, 0.25) is 0 Å². The zero-order chi connectivity index (χ0) is 27.0. The Bertz CT molecular complexity index is 1420. The first-order valence-electron chi connectivity index (χ1n) is 10.6. The Morgan fingerprint density at radius 1 is 1.00 bits per heavy atom. The number of carbonyl (C=O) groups is 2. The number of nitriles is 1. The molecule has 0 unspecified atom stereocenters. The van der Waals surface area contributed by atoms with E-state index in [2.05, 4.69) is 11.1 Å². The Kier molecular flexibility index (Phi) is 13.9. The van der Waals surface area contributed by atoms with Gasteiger partial charge in [0.15, 0.2) is 0 Å². The molecule has 0 radical (unpaired) electrons. The number of aromatic amines is 1. The van der Waals surface area contributed by atoms with Gasteiger partial charge >= 0.3 is 41.0 Å². The quantitative estimate of drug-likeness (QED) is 0.161. The first-order chi connectivity index (χ1) is 17.0. The van der Waals surface area contributed by atoms with Crippen LogP contribution in [0.15, 0.2) is 48.8 Å². The van der Waals surface area contributed by atoms with E-state index in [1.54, 1.807) is 46.5 Å². The fourth-order valence-electron chi connectivity index (χ4n) is 3.23. The van der Waals surface area contributed by atoms with Crippen LogP contribution >= 0.6 is 46.4 Å². The maximum Gasteiger partial charge on any atom is 1.00 e. The zero-order valence-electron chi connectivity index (χ0n) is 22.2. The molecule has 2 amide bonds. The van der Waals surface area contributed by atoms with Gasteiger partial charge in [0.05, 0.1) is 28.1 Å². The number of hydrogen-bond donors (Lipinski definition) is 1. The number of aromatic nitrogens is 2. The van der Waals surface area contributed by atoms with Crippen LogP contribution in [-0.4, -0.2) is 58.9 Å². The van der Waals surface area contributed by atoms with Crippen molar-refractivity contribution in [1.29, 1.82) is 5.26 Å². The number of alkyl halides is 1. The van der Waals surface area contributed by atoms with Crippen molar-refractivity contribution in [1.82, 2.24) is 19.4 Å². The van der Waals surface area contributed by atoms with Gasteiger partial charge in [-0.15, -0.1) is 11.6 Å². The van der Waals surface area contributed by atoms with Crippen molar-refractivity contribution in [2.24, 2.45) is 0 Å². The van der Waals surface area contributed by atoms with Crippen LogP contribution in [0.5, 0.6) is 0 Å². The molecule has 0 aliphatic rings. The Morgan fingerprint density at radius 3 is 2.08 bits per heavy atom. The number of fused-ring (bicyclic) bond motifs is 2. The second-order valence-electron chi connectivity index (χ2n) is 7.93. The molecule has 0 atom stereocenters. The average Bonchev–Trinajstić information content (AvgIpc) is 3.43. The van der Waals surface area contributed by atoms with Gasteiger partial charge in [0, 0.05) is 62.8 Å². The predicted octanol–water partition coefficient (Wildman–Crippen LogP) is 4.47. The number of rotatable bonds is 2. The van der Waals surface area contributed by atoms with E-state index in [0.29, 0.717) is 10.9 Å². The Balaban J connectivity index is 0.000000594. The van der Waals surface area contributed by atoms with Crippen LogP contribution in [0.25, 0.3) is 21.8 Å². The SMILES string of the molecule is CN(C)C(=O)Cl.CN(C)C(=O)n1cc(CC#N)c2c(Cl)cccc21.ClCc1c[nH]c2cccc(Cl)c12.[H-].[Na+]. The first kappa shape index (κ1) is 33.1. The predicted molar refractivity (Wildman–Crippen MR) is 150 cm³/mol. The molecule has 37 heavy (non-hydrogen) atoms. The summed E-state index contributed by atoms with van der Waals surface area (Å²) in [6.07, 6.45) is 3.81. The van der Waals surface area contributed by atoms with E-state index in [4.69, 9.17) is 51.7 Å². The minimum Gasteiger partial charge on any atom is -1.00 e. The van der Waals surface area contributed by atoms with Crippen LogP contribution < -0.4 is 29.6 Å². The van der Waals surface area contributed by atoms with Crippen molar-refractivity contribution in [3.05, 3.63) is 70.0 Å². The number of benzene rings is 2. The molecule has 0 saturated heterocycles. The second-order valence-corrected chi connectivity index (χ2v) is 9.33. The molecule has 2 aromatic heterocycles. The van der Waals surface area contributed by atoms with Crippen molar-refractivity contribution < 1.29 is 40.6 Å². The van der Waals surface area contributed by atoms with Gasteiger partial charge in [-0.1, -0.05) is 35.3 Å². The molecule has 0 aliphatic heterocycles. The number of nitrogens with one attached hydrogen (secondary N) is 1.